The highest BCUT2D eigenvalue weighted by atomic mass is 16.5. The molecule has 11 heteroatoms. The number of rotatable bonds is 7. The van der Waals surface area contributed by atoms with Crippen molar-refractivity contribution in [1.29, 1.82) is 0 Å². The van der Waals surface area contributed by atoms with Gasteiger partial charge in [-0.1, -0.05) is 6.07 Å². The Morgan fingerprint density at radius 1 is 1.12 bits per heavy atom. The number of hydrogen-bond acceptors (Lipinski definition) is 9. The fraction of sp³-hybridized carbons (Fsp3) is 0.238. The Labute approximate surface area is 183 Å². The molecule has 11 nitrogen and oxygen atoms in total. The minimum Gasteiger partial charge on any atom is -0.494 e. The third-order valence-electron chi connectivity index (χ3n) is 4.84. The number of aromatic nitrogens is 4. The third-order valence-corrected chi connectivity index (χ3v) is 4.84. The molecule has 3 aromatic rings. The van der Waals surface area contributed by atoms with Crippen LogP contribution in [-0.2, 0) is 4.79 Å². The van der Waals surface area contributed by atoms with Gasteiger partial charge in [-0.2, -0.15) is 0 Å². The summed E-state index contributed by atoms with van der Waals surface area (Å²) < 4.78 is 5.61. The van der Waals surface area contributed by atoms with E-state index in [9.17, 15) is 9.59 Å². The molecular weight excluding hydrogens is 412 g/mol. The highest BCUT2D eigenvalue weighted by Crippen LogP contribution is 2.37. The fourth-order valence-corrected chi connectivity index (χ4v) is 3.06. The SMILES string of the molecule is CNC(=O)c1nnc(NC(=O)C2CC2)cc1Nc1cccc(-c2ncc(N)cn2)c1OC. The lowest BCUT2D eigenvalue weighted by molar-refractivity contribution is -0.117. The molecule has 1 aliphatic rings. The number of nitrogen functional groups attached to an aromatic ring is 1. The molecule has 32 heavy (non-hydrogen) atoms. The van der Waals surface area contributed by atoms with Gasteiger partial charge >= 0.3 is 0 Å². The number of carbonyl (C=O) groups excluding carboxylic acids is 2. The van der Waals surface area contributed by atoms with Crippen molar-refractivity contribution in [3.63, 3.8) is 0 Å². The van der Waals surface area contributed by atoms with Crippen LogP contribution in [0, 0.1) is 5.92 Å². The summed E-state index contributed by atoms with van der Waals surface area (Å²) >= 11 is 0. The smallest absolute Gasteiger partial charge is 0.273 e. The molecule has 2 aromatic heterocycles. The van der Waals surface area contributed by atoms with E-state index in [2.05, 4.69) is 36.1 Å². The van der Waals surface area contributed by atoms with Crippen LogP contribution < -0.4 is 26.4 Å². The van der Waals surface area contributed by atoms with E-state index in [4.69, 9.17) is 10.5 Å². The van der Waals surface area contributed by atoms with Gasteiger partial charge in [0, 0.05) is 19.0 Å². The lowest BCUT2D eigenvalue weighted by atomic mass is 10.1. The van der Waals surface area contributed by atoms with Crippen molar-refractivity contribution in [2.75, 3.05) is 30.5 Å². The number of para-hydroxylation sites is 1. The Balaban J connectivity index is 1.71. The lowest BCUT2D eigenvalue weighted by Crippen LogP contribution is -2.22. The Kier molecular flexibility index (Phi) is 5.79. The molecular formula is C21H22N8O3. The van der Waals surface area contributed by atoms with Crippen molar-refractivity contribution in [3.8, 4) is 17.1 Å². The van der Waals surface area contributed by atoms with Crippen molar-refractivity contribution >= 4 is 34.7 Å². The number of methoxy groups -OCH3 is 1. The first-order valence-corrected chi connectivity index (χ1v) is 9.92. The number of carbonyl (C=O) groups is 2. The first-order chi connectivity index (χ1) is 15.5. The van der Waals surface area contributed by atoms with E-state index in [1.54, 1.807) is 24.3 Å². The van der Waals surface area contributed by atoms with Crippen LogP contribution >= 0.6 is 0 Å². The molecule has 0 unspecified atom stereocenters. The average Bonchev–Trinajstić information content (AvgIpc) is 3.65. The minimum atomic E-state index is -0.433. The molecule has 0 spiro atoms. The summed E-state index contributed by atoms with van der Waals surface area (Å²) in [7, 11) is 3.02. The Morgan fingerprint density at radius 3 is 2.53 bits per heavy atom. The van der Waals surface area contributed by atoms with Crippen LogP contribution in [0.4, 0.5) is 22.9 Å². The van der Waals surface area contributed by atoms with Crippen molar-refractivity contribution < 1.29 is 14.3 Å². The predicted octanol–water partition coefficient (Wildman–Crippen LogP) is 1.98. The highest BCUT2D eigenvalue weighted by molar-refractivity contribution is 6.00. The molecule has 164 valence electrons. The summed E-state index contributed by atoms with van der Waals surface area (Å²) in [6.07, 6.45) is 4.73. The first-order valence-electron chi connectivity index (χ1n) is 9.92. The summed E-state index contributed by atoms with van der Waals surface area (Å²) in [6, 6.07) is 6.94. The summed E-state index contributed by atoms with van der Waals surface area (Å²) in [4.78, 5) is 33.0. The van der Waals surface area contributed by atoms with Gasteiger partial charge in [-0.15, -0.1) is 10.2 Å². The molecule has 0 radical (unpaired) electrons. The summed E-state index contributed by atoms with van der Waals surface area (Å²) in [5.41, 5.74) is 7.71. The molecule has 1 aliphatic carbocycles. The van der Waals surface area contributed by atoms with E-state index >= 15 is 0 Å². The van der Waals surface area contributed by atoms with Crippen LogP contribution in [0.3, 0.4) is 0 Å². The molecule has 2 amide bonds. The maximum atomic E-state index is 12.3. The van der Waals surface area contributed by atoms with E-state index in [0.717, 1.165) is 12.8 Å². The van der Waals surface area contributed by atoms with E-state index in [1.807, 2.05) is 0 Å². The summed E-state index contributed by atoms with van der Waals surface area (Å²) in [6.45, 7) is 0. The van der Waals surface area contributed by atoms with Crippen LogP contribution in [-0.4, -0.2) is 46.1 Å². The molecule has 5 N–H and O–H groups in total. The fourth-order valence-electron chi connectivity index (χ4n) is 3.06. The van der Waals surface area contributed by atoms with E-state index < -0.39 is 5.91 Å². The number of nitrogens with zero attached hydrogens (tertiary/aromatic N) is 4. The summed E-state index contributed by atoms with van der Waals surface area (Å²) in [5.74, 6) is 0.588. The zero-order chi connectivity index (χ0) is 22.7. The second-order valence-corrected chi connectivity index (χ2v) is 7.19. The Bertz CT molecular complexity index is 1160. The van der Waals surface area contributed by atoms with Crippen molar-refractivity contribution in [3.05, 3.63) is 42.4 Å². The van der Waals surface area contributed by atoms with Gasteiger partial charge in [0.1, 0.15) is 0 Å². The molecule has 1 saturated carbocycles. The highest BCUT2D eigenvalue weighted by Gasteiger charge is 2.30. The summed E-state index contributed by atoms with van der Waals surface area (Å²) in [5, 5.41) is 16.4. The zero-order valence-electron chi connectivity index (χ0n) is 17.5. The first kappa shape index (κ1) is 21.0. The molecule has 2 heterocycles. The number of amides is 2. The van der Waals surface area contributed by atoms with Crippen molar-refractivity contribution in [1.82, 2.24) is 25.5 Å². The number of nitrogens with two attached hydrogens (primary N) is 1. The third kappa shape index (κ3) is 4.41. The monoisotopic (exact) mass is 434 g/mol. The van der Waals surface area contributed by atoms with Gasteiger partial charge in [0.15, 0.2) is 23.1 Å². The molecule has 4 rings (SSSR count). The van der Waals surface area contributed by atoms with Crippen LogP contribution in [0.1, 0.15) is 23.3 Å². The predicted molar refractivity (Wildman–Crippen MR) is 118 cm³/mol. The maximum absolute atomic E-state index is 12.3. The van der Waals surface area contributed by atoms with E-state index in [1.165, 1.54) is 26.6 Å². The Morgan fingerprint density at radius 2 is 1.88 bits per heavy atom. The second kappa shape index (κ2) is 8.84. The van der Waals surface area contributed by atoms with Gasteiger partial charge in [0.05, 0.1) is 42.1 Å². The molecule has 0 atom stereocenters. The van der Waals surface area contributed by atoms with Gasteiger partial charge in [0.2, 0.25) is 5.91 Å². The van der Waals surface area contributed by atoms with Gasteiger partial charge in [-0.05, 0) is 25.0 Å². The molecule has 1 aromatic carbocycles. The van der Waals surface area contributed by atoms with Crippen LogP contribution in [0.25, 0.3) is 11.4 Å². The standard InChI is InChI=1S/C21H22N8O3/c1-23-21(31)17-15(8-16(28-29-17)27-20(30)11-6-7-11)26-14-5-3-4-13(18(14)32-2)19-24-9-12(22)10-25-19/h3-5,8-11H,6-7,22H2,1-2H3,(H,23,31)(H2,26,27,28,30). The quantitative estimate of drug-likeness (QED) is 0.436. The van der Waals surface area contributed by atoms with Gasteiger partial charge in [-0.25, -0.2) is 9.97 Å². The molecule has 1 fully saturated rings. The van der Waals surface area contributed by atoms with Crippen LogP contribution in [0.5, 0.6) is 5.75 Å². The van der Waals surface area contributed by atoms with Gasteiger partial charge < -0.3 is 26.4 Å². The number of benzene rings is 1. The lowest BCUT2D eigenvalue weighted by Gasteiger charge is -2.16. The number of anilines is 4. The number of ether oxygens (including phenoxy) is 1. The Hall–Kier alpha value is -4.28. The largest absolute Gasteiger partial charge is 0.494 e. The number of hydrogen-bond donors (Lipinski definition) is 4. The minimum absolute atomic E-state index is 0.00325. The maximum Gasteiger partial charge on any atom is 0.273 e. The van der Waals surface area contributed by atoms with Crippen molar-refractivity contribution in [2.45, 2.75) is 12.8 Å². The van der Waals surface area contributed by atoms with E-state index in [0.29, 0.717) is 34.2 Å². The van der Waals surface area contributed by atoms with E-state index in [-0.39, 0.29) is 23.3 Å². The topological polar surface area (TPSA) is 157 Å². The normalized spacial score (nSPS) is 12.7. The van der Waals surface area contributed by atoms with Crippen LogP contribution in [0.15, 0.2) is 36.7 Å². The van der Waals surface area contributed by atoms with Gasteiger partial charge in [0.25, 0.3) is 5.91 Å². The molecule has 0 saturated heterocycles. The van der Waals surface area contributed by atoms with Crippen molar-refractivity contribution in [2.24, 2.45) is 5.92 Å². The zero-order valence-corrected chi connectivity index (χ0v) is 17.5. The van der Waals surface area contributed by atoms with Gasteiger partial charge in [-0.3, -0.25) is 9.59 Å². The second-order valence-electron chi connectivity index (χ2n) is 7.19. The molecule has 0 bridgehead atoms. The number of nitrogens with one attached hydrogen (secondary N) is 3. The average molecular weight is 434 g/mol. The molecule has 0 aliphatic heterocycles. The van der Waals surface area contributed by atoms with Crippen LogP contribution in [0.2, 0.25) is 0 Å².